The summed E-state index contributed by atoms with van der Waals surface area (Å²) in [5.74, 6) is -0.202. The van der Waals surface area contributed by atoms with Crippen molar-refractivity contribution in [2.24, 2.45) is 4.99 Å². The molecule has 5 heteroatoms. The summed E-state index contributed by atoms with van der Waals surface area (Å²) >= 11 is 5.90. The molecule has 0 spiro atoms. The standard InChI is InChI=1S/C15H17ClN4/c1-15(2,3)19-9-11(7-17)10-6-13-12(18-8-10)4-5-14(16)20-13/h4-9,11,17H,1-3H3. The van der Waals surface area contributed by atoms with Gasteiger partial charge in [-0.15, -0.1) is 0 Å². The molecule has 0 amide bonds. The third-order valence-corrected chi connectivity index (χ3v) is 2.92. The van der Waals surface area contributed by atoms with E-state index >= 15 is 0 Å². The van der Waals surface area contributed by atoms with Gasteiger partial charge in [0.25, 0.3) is 0 Å². The molecule has 2 aromatic heterocycles. The highest BCUT2D eigenvalue weighted by atomic mass is 35.5. The van der Waals surface area contributed by atoms with Crippen LogP contribution in [0.3, 0.4) is 0 Å². The van der Waals surface area contributed by atoms with E-state index in [1.807, 2.05) is 32.9 Å². The van der Waals surface area contributed by atoms with Crippen LogP contribution in [0, 0.1) is 5.41 Å². The molecular formula is C15H17ClN4. The van der Waals surface area contributed by atoms with Crippen molar-refractivity contribution in [2.45, 2.75) is 32.2 Å². The molecule has 1 unspecified atom stereocenters. The maximum atomic E-state index is 7.57. The smallest absolute Gasteiger partial charge is 0.129 e. The topological polar surface area (TPSA) is 62.0 Å². The summed E-state index contributed by atoms with van der Waals surface area (Å²) in [6.45, 7) is 6.05. The van der Waals surface area contributed by atoms with E-state index in [-0.39, 0.29) is 11.5 Å². The van der Waals surface area contributed by atoms with Crippen molar-refractivity contribution < 1.29 is 0 Å². The van der Waals surface area contributed by atoms with Crippen LogP contribution in [0.25, 0.3) is 11.0 Å². The summed E-state index contributed by atoms with van der Waals surface area (Å²) in [5, 5.41) is 8.00. The Bertz CT molecular complexity index is 658. The van der Waals surface area contributed by atoms with E-state index in [9.17, 15) is 0 Å². The number of nitrogens with one attached hydrogen (secondary N) is 1. The highest BCUT2D eigenvalue weighted by Gasteiger charge is 2.11. The maximum Gasteiger partial charge on any atom is 0.129 e. The molecule has 1 atom stereocenters. The van der Waals surface area contributed by atoms with Crippen molar-refractivity contribution in [3.63, 3.8) is 0 Å². The second-order valence-electron chi connectivity index (χ2n) is 5.58. The molecule has 4 nitrogen and oxygen atoms in total. The van der Waals surface area contributed by atoms with Crippen molar-refractivity contribution in [1.82, 2.24) is 9.97 Å². The summed E-state index contributed by atoms with van der Waals surface area (Å²) in [6.07, 6.45) is 4.88. The van der Waals surface area contributed by atoms with E-state index in [0.717, 1.165) is 16.6 Å². The minimum Gasteiger partial charge on any atom is -0.312 e. The molecule has 0 saturated heterocycles. The fourth-order valence-electron chi connectivity index (χ4n) is 1.71. The quantitative estimate of drug-likeness (QED) is 0.688. The molecule has 0 aliphatic carbocycles. The lowest BCUT2D eigenvalue weighted by Crippen LogP contribution is -2.12. The second kappa shape index (κ2) is 5.67. The van der Waals surface area contributed by atoms with Crippen molar-refractivity contribution in [1.29, 1.82) is 5.41 Å². The molecule has 2 aromatic rings. The van der Waals surface area contributed by atoms with E-state index in [2.05, 4.69) is 15.0 Å². The summed E-state index contributed by atoms with van der Waals surface area (Å²) in [6, 6.07) is 5.45. The lowest BCUT2D eigenvalue weighted by Gasteiger charge is -2.13. The first-order valence-electron chi connectivity index (χ1n) is 6.37. The second-order valence-corrected chi connectivity index (χ2v) is 5.97. The van der Waals surface area contributed by atoms with E-state index < -0.39 is 0 Å². The van der Waals surface area contributed by atoms with Crippen LogP contribution in [0.15, 0.2) is 29.4 Å². The Morgan fingerprint density at radius 3 is 2.70 bits per heavy atom. The largest absolute Gasteiger partial charge is 0.312 e. The predicted octanol–water partition coefficient (Wildman–Crippen LogP) is 3.89. The molecule has 2 rings (SSSR count). The van der Waals surface area contributed by atoms with Gasteiger partial charge in [-0.25, -0.2) is 4.98 Å². The van der Waals surface area contributed by atoms with Gasteiger partial charge in [-0.1, -0.05) is 11.6 Å². The molecule has 2 heterocycles. The first kappa shape index (κ1) is 14.6. The molecule has 1 N–H and O–H groups in total. The average molecular weight is 289 g/mol. The first-order chi connectivity index (χ1) is 9.39. The lowest BCUT2D eigenvalue weighted by atomic mass is 10.0. The van der Waals surface area contributed by atoms with Gasteiger partial charge in [0.05, 0.1) is 22.5 Å². The van der Waals surface area contributed by atoms with E-state index in [0.29, 0.717) is 5.15 Å². The third kappa shape index (κ3) is 3.61. The third-order valence-electron chi connectivity index (χ3n) is 2.71. The zero-order valence-corrected chi connectivity index (χ0v) is 12.5. The fourth-order valence-corrected chi connectivity index (χ4v) is 1.86. The number of halogens is 1. The maximum absolute atomic E-state index is 7.57. The molecule has 0 aliphatic rings. The highest BCUT2D eigenvalue weighted by molar-refractivity contribution is 6.29. The van der Waals surface area contributed by atoms with Crippen molar-refractivity contribution in [2.75, 3.05) is 0 Å². The van der Waals surface area contributed by atoms with Gasteiger partial charge in [0.15, 0.2) is 0 Å². The van der Waals surface area contributed by atoms with Crippen LogP contribution >= 0.6 is 11.6 Å². The SMILES string of the molecule is CC(C)(C)N=CC(C=N)c1cnc2ccc(Cl)nc2c1. The monoisotopic (exact) mass is 288 g/mol. The van der Waals surface area contributed by atoms with Crippen molar-refractivity contribution in [3.05, 3.63) is 35.1 Å². The zero-order chi connectivity index (χ0) is 14.8. The van der Waals surface area contributed by atoms with E-state index in [4.69, 9.17) is 17.0 Å². The summed E-state index contributed by atoms with van der Waals surface area (Å²) < 4.78 is 0. The number of aliphatic imine (C=N–C) groups is 1. The van der Waals surface area contributed by atoms with Crippen LogP contribution < -0.4 is 0 Å². The van der Waals surface area contributed by atoms with Gasteiger partial charge in [-0.3, -0.25) is 9.98 Å². The first-order valence-corrected chi connectivity index (χ1v) is 6.75. The van der Waals surface area contributed by atoms with Gasteiger partial charge >= 0.3 is 0 Å². The van der Waals surface area contributed by atoms with Crippen LogP contribution in [0.2, 0.25) is 5.15 Å². The Hall–Kier alpha value is -1.81. The Morgan fingerprint density at radius 1 is 1.30 bits per heavy atom. The lowest BCUT2D eigenvalue weighted by molar-refractivity contribution is 0.585. The minimum absolute atomic E-state index is 0.160. The molecule has 20 heavy (non-hydrogen) atoms. The molecule has 0 aliphatic heterocycles. The molecule has 104 valence electrons. The summed E-state index contributed by atoms with van der Waals surface area (Å²) in [7, 11) is 0. The van der Waals surface area contributed by atoms with Gasteiger partial charge in [-0.2, -0.15) is 0 Å². The van der Waals surface area contributed by atoms with E-state index in [1.54, 1.807) is 18.5 Å². The zero-order valence-electron chi connectivity index (χ0n) is 11.8. The van der Waals surface area contributed by atoms with Gasteiger partial charge in [0, 0.05) is 18.6 Å². The number of hydrogen-bond acceptors (Lipinski definition) is 4. The van der Waals surface area contributed by atoms with Gasteiger partial charge in [0.1, 0.15) is 5.15 Å². The highest BCUT2D eigenvalue weighted by Crippen LogP contribution is 2.19. The average Bonchev–Trinajstić information content (AvgIpc) is 2.37. The Labute approximate surface area is 123 Å². The Kier molecular flexibility index (Phi) is 4.14. The molecule has 0 radical (unpaired) electrons. The van der Waals surface area contributed by atoms with Crippen LogP contribution in [-0.2, 0) is 0 Å². The van der Waals surface area contributed by atoms with Crippen molar-refractivity contribution >= 4 is 35.1 Å². The van der Waals surface area contributed by atoms with Gasteiger partial charge in [-0.05, 0) is 44.5 Å². The normalized spacial score (nSPS) is 13.8. The molecular weight excluding hydrogens is 272 g/mol. The summed E-state index contributed by atoms with van der Waals surface area (Å²) in [5.41, 5.74) is 2.24. The minimum atomic E-state index is -0.202. The van der Waals surface area contributed by atoms with Crippen LogP contribution in [-0.4, -0.2) is 27.9 Å². The van der Waals surface area contributed by atoms with Crippen LogP contribution in [0.4, 0.5) is 0 Å². The predicted molar refractivity (Wildman–Crippen MR) is 84.3 cm³/mol. The molecule has 0 aromatic carbocycles. The molecule has 0 bridgehead atoms. The Balaban J connectivity index is 2.39. The number of pyridine rings is 2. The number of rotatable bonds is 3. The molecule has 0 fully saturated rings. The van der Waals surface area contributed by atoms with E-state index in [1.165, 1.54) is 6.21 Å². The fraction of sp³-hybridized carbons (Fsp3) is 0.333. The Morgan fingerprint density at radius 2 is 2.05 bits per heavy atom. The number of nitrogens with zero attached hydrogens (tertiary/aromatic N) is 3. The molecule has 0 saturated carbocycles. The van der Waals surface area contributed by atoms with Gasteiger partial charge in [0.2, 0.25) is 0 Å². The number of fused-ring (bicyclic) bond motifs is 1. The number of hydrogen-bond donors (Lipinski definition) is 1. The van der Waals surface area contributed by atoms with Gasteiger partial charge < -0.3 is 5.41 Å². The summed E-state index contributed by atoms with van der Waals surface area (Å²) in [4.78, 5) is 13.0. The number of aromatic nitrogens is 2. The van der Waals surface area contributed by atoms with Crippen LogP contribution in [0.1, 0.15) is 32.3 Å². The van der Waals surface area contributed by atoms with Crippen LogP contribution in [0.5, 0.6) is 0 Å². The van der Waals surface area contributed by atoms with Crippen molar-refractivity contribution in [3.8, 4) is 0 Å².